The van der Waals surface area contributed by atoms with Crippen molar-refractivity contribution in [3.63, 3.8) is 0 Å². The predicted molar refractivity (Wildman–Crippen MR) is 87.6 cm³/mol. The third-order valence-corrected chi connectivity index (χ3v) is 4.58. The van der Waals surface area contributed by atoms with E-state index in [9.17, 15) is 4.79 Å². The molecule has 0 fully saturated rings. The van der Waals surface area contributed by atoms with E-state index >= 15 is 0 Å². The van der Waals surface area contributed by atoms with Gasteiger partial charge >= 0.3 is 0 Å². The quantitative estimate of drug-likeness (QED) is 0.784. The number of nitrogens with zero attached hydrogens (tertiary/aromatic N) is 2. The van der Waals surface area contributed by atoms with E-state index in [-0.39, 0.29) is 12.7 Å². The van der Waals surface area contributed by atoms with E-state index in [4.69, 9.17) is 13.9 Å². The van der Waals surface area contributed by atoms with Crippen molar-refractivity contribution in [2.24, 2.45) is 0 Å². The van der Waals surface area contributed by atoms with Crippen molar-refractivity contribution >= 4 is 22.9 Å². The molecule has 1 amide bonds. The van der Waals surface area contributed by atoms with Gasteiger partial charge in [-0.1, -0.05) is 0 Å². The van der Waals surface area contributed by atoms with Crippen molar-refractivity contribution in [2.45, 2.75) is 13.8 Å². The highest BCUT2D eigenvalue weighted by atomic mass is 32.1. The van der Waals surface area contributed by atoms with Gasteiger partial charge in [-0.05, 0) is 31.2 Å². The summed E-state index contributed by atoms with van der Waals surface area (Å²) in [6, 6.07) is 6.93. The largest absolute Gasteiger partial charge is 0.454 e. The summed E-state index contributed by atoms with van der Waals surface area (Å²) in [6.07, 6.45) is 0. The number of amides is 1. The fraction of sp³-hybridized carbons (Fsp3) is 0.188. The van der Waals surface area contributed by atoms with E-state index in [2.05, 4.69) is 15.5 Å². The third kappa shape index (κ3) is 2.61. The number of fused-ring (bicyclic) bond motifs is 1. The average Bonchev–Trinajstić information content (AvgIpc) is 3.27. The maximum Gasteiger partial charge on any atom is 0.257 e. The molecule has 0 spiro atoms. The number of rotatable bonds is 3. The minimum absolute atomic E-state index is 0.178. The van der Waals surface area contributed by atoms with Crippen molar-refractivity contribution in [1.82, 2.24) is 10.2 Å². The second-order valence-electron chi connectivity index (χ2n) is 5.23. The zero-order chi connectivity index (χ0) is 16.7. The molecule has 0 saturated carbocycles. The molecule has 0 unspecified atom stereocenters. The third-order valence-electron chi connectivity index (χ3n) is 3.54. The smallest absolute Gasteiger partial charge is 0.257 e. The lowest BCUT2D eigenvalue weighted by Gasteiger charge is -2.05. The van der Waals surface area contributed by atoms with E-state index in [1.165, 1.54) is 11.3 Å². The number of nitrogens with one attached hydrogen (secondary N) is 1. The number of aromatic nitrogens is 2. The van der Waals surface area contributed by atoms with Gasteiger partial charge in [0, 0.05) is 17.4 Å². The van der Waals surface area contributed by atoms with Crippen LogP contribution in [0.5, 0.6) is 11.5 Å². The van der Waals surface area contributed by atoms with E-state index in [1.54, 1.807) is 25.1 Å². The highest BCUT2D eigenvalue weighted by Gasteiger charge is 2.18. The zero-order valence-electron chi connectivity index (χ0n) is 13.0. The molecule has 0 bridgehead atoms. The van der Waals surface area contributed by atoms with Crippen LogP contribution in [-0.4, -0.2) is 22.9 Å². The lowest BCUT2D eigenvalue weighted by atomic mass is 10.2. The Morgan fingerprint density at radius 1 is 1.17 bits per heavy atom. The molecule has 0 atom stereocenters. The van der Waals surface area contributed by atoms with E-state index in [0.717, 1.165) is 9.75 Å². The van der Waals surface area contributed by atoms with Crippen LogP contribution in [0.2, 0.25) is 0 Å². The molecule has 2 aromatic heterocycles. The molecule has 1 aliphatic rings. The van der Waals surface area contributed by atoms with Crippen LogP contribution in [-0.2, 0) is 0 Å². The number of hydrogen-bond acceptors (Lipinski definition) is 7. The molecule has 7 nitrogen and oxygen atoms in total. The van der Waals surface area contributed by atoms with Gasteiger partial charge in [0.15, 0.2) is 11.5 Å². The summed E-state index contributed by atoms with van der Waals surface area (Å²) in [5.74, 6) is 1.95. The van der Waals surface area contributed by atoms with Gasteiger partial charge in [0.1, 0.15) is 0 Å². The van der Waals surface area contributed by atoms with E-state index < -0.39 is 0 Å². The van der Waals surface area contributed by atoms with Crippen LogP contribution < -0.4 is 14.8 Å². The molecular weight excluding hydrogens is 330 g/mol. The zero-order valence-corrected chi connectivity index (χ0v) is 13.8. The molecule has 3 aromatic rings. The number of anilines is 1. The van der Waals surface area contributed by atoms with Gasteiger partial charge < -0.3 is 19.2 Å². The molecule has 1 aliphatic heterocycles. The number of thiophene rings is 1. The SMILES string of the molecule is Cc1nnc(-c2cc(NC(=O)c3ccc4c(c3)OCO4)c(C)s2)o1. The number of ether oxygens (including phenoxy) is 2. The van der Waals surface area contributed by atoms with Crippen LogP contribution in [0.4, 0.5) is 5.69 Å². The molecule has 24 heavy (non-hydrogen) atoms. The highest BCUT2D eigenvalue weighted by molar-refractivity contribution is 7.15. The Labute approximate surface area is 141 Å². The number of aryl methyl sites for hydroxylation is 2. The summed E-state index contributed by atoms with van der Waals surface area (Å²) in [5.41, 5.74) is 1.22. The monoisotopic (exact) mass is 343 g/mol. The lowest BCUT2D eigenvalue weighted by molar-refractivity contribution is 0.102. The maximum atomic E-state index is 12.5. The van der Waals surface area contributed by atoms with E-state index in [1.807, 2.05) is 13.0 Å². The summed E-state index contributed by atoms with van der Waals surface area (Å²) < 4.78 is 16.0. The molecule has 0 radical (unpaired) electrons. The van der Waals surface area contributed by atoms with E-state index in [0.29, 0.717) is 34.5 Å². The van der Waals surface area contributed by atoms with Gasteiger partial charge in [0.25, 0.3) is 11.8 Å². The molecule has 8 heteroatoms. The summed E-state index contributed by atoms with van der Waals surface area (Å²) in [7, 11) is 0. The summed E-state index contributed by atoms with van der Waals surface area (Å²) in [4.78, 5) is 14.2. The van der Waals surface area contributed by atoms with Crippen LogP contribution in [0, 0.1) is 13.8 Å². The first-order valence-electron chi connectivity index (χ1n) is 7.22. The molecule has 4 rings (SSSR count). The number of carbonyl (C=O) groups excluding carboxylic acids is 1. The molecule has 0 saturated heterocycles. The first-order chi connectivity index (χ1) is 11.6. The van der Waals surface area contributed by atoms with Crippen molar-refractivity contribution in [2.75, 3.05) is 12.1 Å². The molecule has 1 N–H and O–H groups in total. The fourth-order valence-corrected chi connectivity index (χ4v) is 3.24. The maximum absolute atomic E-state index is 12.5. The Hall–Kier alpha value is -2.87. The predicted octanol–water partition coefficient (Wildman–Crippen LogP) is 3.40. The molecule has 1 aromatic carbocycles. The van der Waals surface area contributed by atoms with Gasteiger partial charge in [0.05, 0.1) is 10.6 Å². The van der Waals surface area contributed by atoms with Gasteiger partial charge in [-0.2, -0.15) is 0 Å². The Bertz CT molecular complexity index is 931. The Morgan fingerprint density at radius 2 is 2.00 bits per heavy atom. The number of carbonyl (C=O) groups is 1. The molecule has 122 valence electrons. The van der Waals surface area contributed by atoms with Gasteiger partial charge in [0.2, 0.25) is 12.7 Å². The van der Waals surface area contributed by atoms with Gasteiger partial charge in [-0.3, -0.25) is 4.79 Å². The van der Waals surface area contributed by atoms with Gasteiger partial charge in [-0.15, -0.1) is 21.5 Å². The van der Waals surface area contributed by atoms with Crippen molar-refractivity contribution in [1.29, 1.82) is 0 Å². The van der Waals surface area contributed by atoms with Crippen molar-refractivity contribution in [3.8, 4) is 22.3 Å². The summed E-state index contributed by atoms with van der Waals surface area (Å²) in [5, 5.41) is 10.7. The average molecular weight is 343 g/mol. The normalized spacial score (nSPS) is 12.4. The summed E-state index contributed by atoms with van der Waals surface area (Å²) in [6.45, 7) is 3.84. The lowest BCUT2D eigenvalue weighted by Crippen LogP contribution is -2.11. The Balaban J connectivity index is 1.57. The Morgan fingerprint density at radius 3 is 2.79 bits per heavy atom. The first-order valence-corrected chi connectivity index (χ1v) is 8.04. The van der Waals surface area contributed by atoms with Crippen LogP contribution in [0.3, 0.4) is 0 Å². The molecular formula is C16H13N3O4S. The summed E-state index contributed by atoms with van der Waals surface area (Å²) >= 11 is 1.48. The highest BCUT2D eigenvalue weighted by Crippen LogP contribution is 2.35. The second kappa shape index (κ2) is 5.64. The van der Waals surface area contributed by atoms with Crippen LogP contribution in [0.25, 0.3) is 10.8 Å². The first kappa shape index (κ1) is 14.7. The van der Waals surface area contributed by atoms with Crippen LogP contribution >= 0.6 is 11.3 Å². The minimum Gasteiger partial charge on any atom is -0.454 e. The molecule has 0 aliphatic carbocycles. The van der Waals surface area contributed by atoms with Crippen molar-refractivity contribution < 1.29 is 18.7 Å². The van der Waals surface area contributed by atoms with Gasteiger partial charge in [-0.25, -0.2) is 0 Å². The topological polar surface area (TPSA) is 86.5 Å². The molecule has 3 heterocycles. The van der Waals surface area contributed by atoms with Crippen molar-refractivity contribution in [3.05, 3.63) is 40.6 Å². The Kier molecular flexibility index (Phi) is 3.46. The van der Waals surface area contributed by atoms with Crippen LogP contribution in [0.1, 0.15) is 21.1 Å². The van der Waals surface area contributed by atoms with Crippen LogP contribution in [0.15, 0.2) is 28.7 Å². The fourth-order valence-electron chi connectivity index (χ4n) is 2.34. The number of hydrogen-bond donors (Lipinski definition) is 1. The number of benzene rings is 1. The standard InChI is InChI=1S/C16H13N3O4S/c1-8-11(6-14(24-8)16-19-18-9(2)23-16)17-15(20)10-3-4-12-13(5-10)22-7-21-12/h3-6H,7H2,1-2H3,(H,17,20). The second-order valence-corrected chi connectivity index (χ2v) is 6.49. The minimum atomic E-state index is -0.220.